The molecule has 0 radical (unpaired) electrons. The first-order valence-corrected chi connectivity index (χ1v) is 8.83. The molecule has 1 atom stereocenters. The van der Waals surface area contributed by atoms with Gasteiger partial charge < -0.3 is 19.9 Å². The maximum Gasteiger partial charge on any atom is 0.410 e. The largest absolute Gasteiger partial charge is 0.460 e. The molecule has 1 aromatic rings. The van der Waals surface area contributed by atoms with Gasteiger partial charge in [-0.1, -0.05) is 43.0 Å². The van der Waals surface area contributed by atoms with Gasteiger partial charge in [0.25, 0.3) is 0 Å². The number of benzene rings is 1. The first-order chi connectivity index (χ1) is 13.1. The molecule has 0 heterocycles. The van der Waals surface area contributed by atoms with Gasteiger partial charge in [0.15, 0.2) is 0 Å². The van der Waals surface area contributed by atoms with Crippen molar-refractivity contribution in [1.82, 2.24) is 4.90 Å². The standard InChI is InChI=1S/C20H28N2O6/c1-5-11-26-17(23)13-22(12-16(21)18(24)28-20(2,3)4)19(25)27-14-15-9-7-6-8-10-15/h5-10,16H,1,11-14,21H2,2-4H3/t16-/m0/s1. The fourth-order valence-electron chi connectivity index (χ4n) is 2.06. The van der Waals surface area contributed by atoms with Crippen LogP contribution in [0.3, 0.4) is 0 Å². The Morgan fingerprint density at radius 1 is 1.18 bits per heavy atom. The average Bonchev–Trinajstić information content (AvgIpc) is 2.63. The van der Waals surface area contributed by atoms with Gasteiger partial charge >= 0.3 is 18.0 Å². The number of carbonyl (C=O) groups is 3. The van der Waals surface area contributed by atoms with E-state index < -0.39 is 36.2 Å². The first-order valence-electron chi connectivity index (χ1n) is 8.83. The van der Waals surface area contributed by atoms with E-state index in [0.717, 1.165) is 10.5 Å². The van der Waals surface area contributed by atoms with Gasteiger partial charge in [-0.2, -0.15) is 0 Å². The average molecular weight is 392 g/mol. The van der Waals surface area contributed by atoms with Crippen molar-refractivity contribution >= 4 is 18.0 Å². The number of esters is 2. The highest BCUT2D eigenvalue weighted by Crippen LogP contribution is 2.09. The van der Waals surface area contributed by atoms with Crippen LogP contribution in [0.15, 0.2) is 43.0 Å². The van der Waals surface area contributed by atoms with E-state index in [1.54, 1.807) is 32.9 Å². The Hall–Kier alpha value is -2.87. The highest BCUT2D eigenvalue weighted by atomic mass is 16.6. The zero-order valence-electron chi connectivity index (χ0n) is 16.6. The van der Waals surface area contributed by atoms with Gasteiger partial charge in [0.2, 0.25) is 0 Å². The molecule has 0 aliphatic carbocycles. The second-order valence-electron chi connectivity index (χ2n) is 7.03. The summed E-state index contributed by atoms with van der Waals surface area (Å²) in [6.45, 7) is 7.91. The lowest BCUT2D eigenvalue weighted by Gasteiger charge is -2.26. The summed E-state index contributed by atoms with van der Waals surface area (Å²) < 4.78 is 15.3. The normalized spacial score (nSPS) is 11.9. The van der Waals surface area contributed by atoms with Crippen molar-refractivity contribution in [2.24, 2.45) is 5.73 Å². The van der Waals surface area contributed by atoms with Crippen LogP contribution in [0, 0.1) is 0 Å². The maximum absolute atomic E-state index is 12.4. The predicted molar refractivity (Wildman–Crippen MR) is 103 cm³/mol. The first kappa shape index (κ1) is 23.2. The third-order valence-electron chi connectivity index (χ3n) is 3.27. The molecule has 0 fully saturated rings. The fourth-order valence-corrected chi connectivity index (χ4v) is 2.06. The summed E-state index contributed by atoms with van der Waals surface area (Å²) in [7, 11) is 0. The van der Waals surface area contributed by atoms with Crippen LogP contribution < -0.4 is 5.73 Å². The smallest absolute Gasteiger partial charge is 0.410 e. The van der Waals surface area contributed by atoms with E-state index in [0.29, 0.717) is 0 Å². The number of carbonyl (C=O) groups excluding carboxylic acids is 3. The van der Waals surface area contributed by atoms with Crippen LogP contribution in [0.1, 0.15) is 26.3 Å². The number of nitrogens with zero attached hydrogens (tertiary/aromatic N) is 1. The molecule has 28 heavy (non-hydrogen) atoms. The van der Waals surface area contributed by atoms with Crippen LogP contribution >= 0.6 is 0 Å². The summed E-state index contributed by atoms with van der Waals surface area (Å²) in [6, 6.07) is 7.91. The van der Waals surface area contributed by atoms with Gasteiger partial charge in [0.1, 0.15) is 31.4 Å². The zero-order chi connectivity index (χ0) is 21.2. The molecule has 0 saturated carbocycles. The molecule has 0 unspecified atom stereocenters. The fraction of sp³-hybridized carbons (Fsp3) is 0.450. The Balaban J connectivity index is 2.76. The lowest BCUT2D eigenvalue weighted by Crippen LogP contribution is -2.49. The van der Waals surface area contributed by atoms with E-state index in [1.165, 1.54) is 6.08 Å². The lowest BCUT2D eigenvalue weighted by molar-refractivity contribution is -0.157. The highest BCUT2D eigenvalue weighted by Gasteiger charge is 2.28. The number of amides is 1. The van der Waals surface area contributed by atoms with Gasteiger partial charge in [0, 0.05) is 0 Å². The Kier molecular flexibility index (Phi) is 9.17. The van der Waals surface area contributed by atoms with Gasteiger partial charge in [-0.3, -0.25) is 14.5 Å². The monoisotopic (exact) mass is 392 g/mol. The van der Waals surface area contributed by atoms with Crippen molar-refractivity contribution < 1.29 is 28.6 Å². The van der Waals surface area contributed by atoms with E-state index in [2.05, 4.69) is 6.58 Å². The molecule has 2 N–H and O–H groups in total. The number of hydrogen-bond acceptors (Lipinski definition) is 7. The third kappa shape index (κ3) is 9.18. The number of nitrogens with two attached hydrogens (primary N) is 1. The molecule has 0 spiro atoms. The minimum atomic E-state index is -1.14. The van der Waals surface area contributed by atoms with E-state index in [1.807, 2.05) is 18.2 Å². The number of rotatable bonds is 9. The van der Waals surface area contributed by atoms with Crippen LogP contribution in [0.25, 0.3) is 0 Å². The van der Waals surface area contributed by atoms with Crippen LogP contribution in [0.4, 0.5) is 4.79 Å². The molecule has 0 saturated heterocycles. The minimum Gasteiger partial charge on any atom is -0.460 e. The highest BCUT2D eigenvalue weighted by molar-refractivity contribution is 5.80. The van der Waals surface area contributed by atoms with Crippen LogP contribution in [0.2, 0.25) is 0 Å². The van der Waals surface area contributed by atoms with Crippen molar-refractivity contribution in [2.45, 2.75) is 39.0 Å². The Bertz CT molecular complexity index is 669. The van der Waals surface area contributed by atoms with E-state index in [-0.39, 0.29) is 19.8 Å². The molecule has 154 valence electrons. The zero-order valence-corrected chi connectivity index (χ0v) is 16.6. The van der Waals surface area contributed by atoms with Crippen molar-refractivity contribution in [2.75, 3.05) is 19.7 Å². The molecule has 1 rings (SSSR count). The summed E-state index contributed by atoms with van der Waals surface area (Å²) in [5.41, 5.74) is 5.91. The molecule has 0 aromatic heterocycles. The molecule has 8 nitrogen and oxygen atoms in total. The van der Waals surface area contributed by atoms with E-state index in [9.17, 15) is 14.4 Å². The minimum absolute atomic E-state index is 0.00383. The topological polar surface area (TPSA) is 108 Å². The van der Waals surface area contributed by atoms with Gasteiger partial charge in [-0.25, -0.2) is 4.79 Å². The van der Waals surface area contributed by atoms with Crippen LogP contribution in [-0.2, 0) is 30.4 Å². The third-order valence-corrected chi connectivity index (χ3v) is 3.27. The Morgan fingerprint density at radius 2 is 1.82 bits per heavy atom. The SMILES string of the molecule is C=CCOC(=O)CN(C[C@H](N)C(=O)OC(C)(C)C)C(=O)OCc1ccccc1. The van der Waals surface area contributed by atoms with Gasteiger partial charge in [-0.05, 0) is 26.3 Å². The second-order valence-corrected chi connectivity index (χ2v) is 7.03. The van der Waals surface area contributed by atoms with Gasteiger partial charge in [-0.15, -0.1) is 0 Å². The summed E-state index contributed by atoms with van der Waals surface area (Å²) in [5.74, 6) is -1.36. The van der Waals surface area contributed by atoms with Crippen LogP contribution in [0.5, 0.6) is 0 Å². The summed E-state index contributed by atoms with van der Waals surface area (Å²) in [4.78, 5) is 37.4. The quantitative estimate of drug-likeness (QED) is 0.389. The molecular formula is C20H28N2O6. The Labute approximate surface area is 165 Å². The predicted octanol–water partition coefficient (Wildman–Crippen LogP) is 2.02. The van der Waals surface area contributed by atoms with Crippen LogP contribution in [-0.4, -0.2) is 54.3 Å². The van der Waals surface area contributed by atoms with Crippen molar-refractivity contribution in [3.8, 4) is 0 Å². The molecule has 8 heteroatoms. The lowest BCUT2D eigenvalue weighted by atomic mass is 10.2. The summed E-state index contributed by atoms with van der Waals surface area (Å²) in [6.07, 6.45) is 0.612. The molecular weight excluding hydrogens is 364 g/mol. The van der Waals surface area contributed by atoms with Crippen molar-refractivity contribution in [3.05, 3.63) is 48.6 Å². The molecule has 1 aromatic carbocycles. The second kappa shape index (κ2) is 11.1. The maximum atomic E-state index is 12.4. The van der Waals surface area contributed by atoms with E-state index >= 15 is 0 Å². The van der Waals surface area contributed by atoms with Gasteiger partial charge in [0.05, 0.1) is 6.54 Å². The molecule has 0 aliphatic heterocycles. The number of hydrogen-bond donors (Lipinski definition) is 1. The van der Waals surface area contributed by atoms with Crippen molar-refractivity contribution in [3.63, 3.8) is 0 Å². The number of ether oxygens (including phenoxy) is 3. The summed E-state index contributed by atoms with van der Waals surface area (Å²) >= 11 is 0. The molecule has 0 bridgehead atoms. The van der Waals surface area contributed by atoms with Crippen molar-refractivity contribution in [1.29, 1.82) is 0 Å². The molecule has 0 aliphatic rings. The molecule has 1 amide bonds. The summed E-state index contributed by atoms with van der Waals surface area (Å²) in [5, 5.41) is 0. The van der Waals surface area contributed by atoms with E-state index in [4.69, 9.17) is 19.9 Å². The Morgan fingerprint density at radius 3 is 2.39 bits per heavy atom.